The lowest BCUT2D eigenvalue weighted by molar-refractivity contribution is 0.0438. The van der Waals surface area contributed by atoms with Crippen LogP contribution in [0, 0.1) is 24.2 Å². The third kappa shape index (κ3) is 4.50. The van der Waals surface area contributed by atoms with E-state index >= 15 is 0 Å². The van der Waals surface area contributed by atoms with Crippen molar-refractivity contribution in [2.45, 2.75) is 6.92 Å². The van der Waals surface area contributed by atoms with Crippen LogP contribution in [-0.4, -0.2) is 37.8 Å². The summed E-state index contributed by atoms with van der Waals surface area (Å²) in [6.07, 6.45) is 9.13. The number of carbonyl (C=O) groups excluding carboxylic acids is 1. The fourth-order valence-corrected chi connectivity index (χ4v) is 3.45. The number of ether oxygens (including phenoxy) is 5. The van der Waals surface area contributed by atoms with E-state index in [9.17, 15) is 4.79 Å². The summed E-state index contributed by atoms with van der Waals surface area (Å²) in [5.74, 6) is 9.23. The molecule has 0 aliphatic carbocycles. The molecule has 1 aliphatic heterocycles. The minimum Gasteiger partial charge on any atom is -0.467 e. The summed E-state index contributed by atoms with van der Waals surface area (Å²) in [4.78, 5) is 12.3. The monoisotopic (exact) mass is 443 g/mol. The summed E-state index contributed by atoms with van der Waals surface area (Å²) < 4.78 is 28.8. The minimum absolute atomic E-state index is 0.0147. The van der Waals surface area contributed by atoms with Gasteiger partial charge in [-0.05, 0) is 37.0 Å². The van der Waals surface area contributed by atoms with Crippen molar-refractivity contribution >= 4 is 5.97 Å². The first-order valence-corrected chi connectivity index (χ1v) is 10.2. The van der Waals surface area contributed by atoms with Crippen LogP contribution >= 0.6 is 0 Å². The van der Waals surface area contributed by atoms with Crippen LogP contribution in [0.15, 0.2) is 48.8 Å². The number of rotatable bonds is 7. The summed E-state index contributed by atoms with van der Waals surface area (Å²) in [7, 11) is 1.51. The molecule has 0 bridgehead atoms. The number of terminal acetylenes is 1. The topological polar surface area (TPSA) is 68.2 Å². The molecule has 2 aromatic carbocycles. The molecule has 0 fully saturated rings. The Bertz CT molecular complexity index is 1290. The first-order valence-electron chi connectivity index (χ1n) is 10.2. The van der Waals surface area contributed by atoms with Gasteiger partial charge in [0, 0.05) is 42.4 Å². The van der Waals surface area contributed by atoms with Gasteiger partial charge < -0.3 is 28.3 Å². The Morgan fingerprint density at radius 1 is 1.18 bits per heavy atom. The summed E-state index contributed by atoms with van der Waals surface area (Å²) in [5, 5.41) is 0. The van der Waals surface area contributed by atoms with Gasteiger partial charge in [-0.1, -0.05) is 18.1 Å². The van der Waals surface area contributed by atoms with Crippen molar-refractivity contribution in [2.24, 2.45) is 0 Å². The molecule has 2 heterocycles. The second-order valence-electron chi connectivity index (χ2n) is 6.88. The zero-order valence-corrected chi connectivity index (χ0v) is 18.2. The Balaban J connectivity index is 1.81. The van der Waals surface area contributed by atoms with Crippen LogP contribution < -0.4 is 14.2 Å². The molecular formula is C26H21NO6. The molecule has 1 aromatic heterocycles. The standard InChI is InChI=1S/C26H21NO6/c1-4-6-8-18-14-27(15-22(18)20-9-7-10-23-25(20)33-17-32-23)19-11-12-21(26(28)30-5-2)24(13-19)31-16-29-3/h1,7,9-15H,5,16-17H2,2-3H3. The van der Waals surface area contributed by atoms with E-state index in [1.807, 2.05) is 35.2 Å². The van der Waals surface area contributed by atoms with E-state index in [2.05, 4.69) is 17.8 Å². The van der Waals surface area contributed by atoms with E-state index in [0.717, 1.165) is 16.8 Å². The molecule has 166 valence electrons. The normalized spacial score (nSPS) is 11.3. The number of para-hydroxylation sites is 1. The summed E-state index contributed by atoms with van der Waals surface area (Å²) in [5.41, 5.74) is 3.43. The van der Waals surface area contributed by atoms with Crippen LogP contribution in [-0.2, 0) is 9.47 Å². The van der Waals surface area contributed by atoms with Crippen molar-refractivity contribution in [1.29, 1.82) is 0 Å². The average Bonchev–Trinajstić information content (AvgIpc) is 3.48. The summed E-state index contributed by atoms with van der Waals surface area (Å²) in [6.45, 7) is 2.15. The van der Waals surface area contributed by atoms with Gasteiger partial charge in [0.05, 0.1) is 12.2 Å². The van der Waals surface area contributed by atoms with E-state index < -0.39 is 5.97 Å². The quantitative estimate of drug-likeness (QED) is 0.312. The molecule has 7 heteroatoms. The highest BCUT2D eigenvalue weighted by molar-refractivity contribution is 5.93. The number of nitrogens with zero attached hydrogens (tertiary/aromatic N) is 1. The Kier molecular flexibility index (Phi) is 6.54. The first-order chi connectivity index (χ1) is 16.2. The molecule has 0 unspecified atom stereocenters. The van der Waals surface area contributed by atoms with Gasteiger partial charge in [-0.25, -0.2) is 4.79 Å². The Hall–Kier alpha value is -4.33. The van der Waals surface area contributed by atoms with Gasteiger partial charge >= 0.3 is 5.97 Å². The predicted molar refractivity (Wildman–Crippen MR) is 121 cm³/mol. The number of benzene rings is 2. The second kappa shape index (κ2) is 9.86. The molecule has 3 aromatic rings. The van der Waals surface area contributed by atoms with Crippen LogP contribution in [0.1, 0.15) is 22.8 Å². The molecule has 0 N–H and O–H groups in total. The fraction of sp³-hybridized carbons (Fsp3) is 0.192. The molecule has 0 saturated carbocycles. The van der Waals surface area contributed by atoms with Crippen LogP contribution in [0.5, 0.6) is 17.2 Å². The highest BCUT2D eigenvalue weighted by Crippen LogP contribution is 2.42. The molecule has 0 amide bonds. The fourth-order valence-electron chi connectivity index (χ4n) is 3.45. The molecule has 1 aliphatic rings. The summed E-state index contributed by atoms with van der Waals surface area (Å²) >= 11 is 0. The number of methoxy groups -OCH3 is 1. The van der Waals surface area contributed by atoms with Crippen molar-refractivity contribution in [3.8, 4) is 58.2 Å². The number of carbonyl (C=O) groups is 1. The van der Waals surface area contributed by atoms with E-state index in [1.54, 1.807) is 25.1 Å². The number of fused-ring (bicyclic) bond motifs is 1. The molecule has 0 atom stereocenters. The van der Waals surface area contributed by atoms with Crippen molar-refractivity contribution in [2.75, 3.05) is 27.3 Å². The van der Waals surface area contributed by atoms with Crippen LogP contribution in [0.25, 0.3) is 16.8 Å². The Morgan fingerprint density at radius 3 is 2.85 bits per heavy atom. The van der Waals surface area contributed by atoms with Crippen molar-refractivity contribution in [3.63, 3.8) is 0 Å². The van der Waals surface area contributed by atoms with Gasteiger partial charge in [0.25, 0.3) is 0 Å². The van der Waals surface area contributed by atoms with Gasteiger partial charge in [0.2, 0.25) is 6.79 Å². The minimum atomic E-state index is -0.471. The van der Waals surface area contributed by atoms with Crippen LogP contribution in [0.2, 0.25) is 0 Å². The Morgan fingerprint density at radius 2 is 2.06 bits per heavy atom. The third-order valence-corrected chi connectivity index (χ3v) is 4.87. The lowest BCUT2D eigenvalue weighted by atomic mass is 10.0. The van der Waals surface area contributed by atoms with Gasteiger partial charge in [0.1, 0.15) is 11.3 Å². The molecular weight excluding hydrogens is 422 g/mol. The second-order valence-corrected chi connectivity index (χ2v) is 6.88. The van der Waals surface area contributed by atoms with Crippen molar-refractivity contribution < 1.29 is 28.5 Å². The lowest BCUT2D eigenvalue weighted by Gasteiger charge is -2.12. The number of aromatic nitrogens is 1. The van der Waals surface area contributed by atoms with Crippen LogP contribution in [0.3, 0.4) is 0 Å². The molecule has 0 spiro atoms. The first kappa shape index (κ1) is 21.9. The maximum atomic E-state index is 12.3. The molecule has 33 heavy (non-hydrogen) atoms. The van der Waals surface area contributed by atoms with E-state index in [-0.39, 0.29) is 20.2 Å². The highest BCUT2D eigenvalue weighted by atomic mass is 16.7. The van der Waals surface area contributed by atoms with Crippen LogP contribution in [0.4, 0.5) is 0 Å². The van der Waals surface area contributed by atoms with Gasteiger partial charge in [-0.3, -0.25) is 0 Å². The SMILES string of the molecule is C#CC#Cc1cn(-c2ccc(C(=O)OCC)c(OCOC)c2)cc1-c1cccc2c1OCO2. The molecule has 0 radical (unpaired) electrons. The maximum absolute atomic E-state index is 12.3. The van der Waals surface area contributed by atoms with Gasteiger partial charge in [0.15, 0.2) is 18.3 Å². The molecule has 7 nitrogen and oxygen atoms in total. The lowest BCUT2D eigenvalue weighted by Crippen LogP contribution is -2.10. The largest absolute Gasteiger partial charge is 0.467 e. The third-order valence-electron chi connectivity index (χ3n) is 4.87. The average molecular weight is 443 g/mol. The highest BCUT2D eigenvalue weighted by Gasteiger charge is 2.22. The van der Waals surface area contributed by atoms with Crippen molar-refractivity contribution in [3.05, 3.63) is 59.9 Å². The number of hydrogen-bond acceptors (Lipinski definition) is 6. The smallest absolute Gasteiger partial charge is 0.341 e. The van der Waals surface area contributed by atoms with E-state index in [1.165, 1.54) is 7.11 Å². The van der Waals surface area contributed by atoms with E-state index in [0.29, 0.717) is 28.4 Å². The summed E-state index contributed by atoms with van der Waals surface area (Å²) in [6, 6.07) is 10.9. The zero-order chi connectivity index (χ0) is 23.2. The van der Waals surface area contributed by atoms with E-state index in [4.69, 9.17) is 30.1 Å². The number of hydrogen-bond donors (Lipinski definition) is 0. The number of esters is 1. The maximum Gasteiger partial charge on any atom is 0.341 e. The Labute approximate surface area is 191 Å². The molecule has 4 rings (SSSR count). The van der Waals surface area contributed by atoms with Gasteiger partial charge in [-0.2, -0.15) is 0 Å². The predicted octanol–water partition coefficient (Wildman–Crippen LogP) is 4.02. The van der Waals surface area contributed by atoms with Crippen molar-refractivity contribution in [1.82, 2.24) is 4.57 Å². The van der Waals surface area contributed by atoms with Gasteiger partial charge in [-0.15, -0.1) is 6.42 Å². The zero-order valence-electron chi connectivity index (χ0n) is 18.2. The molecule has 0 saturated heterocycles.